The SMILES string of the molecule is O=C(c1ccc2nc(-c3cccc4ccccc34)n(Cc3ccc(Br)cc3)c2c1)N1CCOCC1. The molecule has 2 heterocycles. The number of morpholine rings is 1. The van der Waals surface area contributed by atoms with E-state index in [9.17, 15) is 4.79 Å². The van der Waals surface area contributed by atoms with Crippen LogP contribution in [0.2, 0.25) is 0 Å². The van der Waals surface area contributed by atoms with Gasteiger partial charge in [0, 0.05) is 35.2 Å². The lowest BCUT2D eigenvalue weighted by molar-refractivity contribution is 0.0303. The van der Waals surface area contributed by atoms with Gasteiger partial charge in [0.15, 0.2) is 0 Å². The topological polar surface area (TPSA) is 47.4 Å². The van der Waals surface area contributed by atoms with Crippen LogP contribution >= 0.6 is 15.9 Å². The average Bonchev–Trinajstić information content (AvgIpc) is 3.27. The van der Waals surface area contributed by atoms with Gasteiger partial charge in [-0.05, 0) is 46.7 Å². The van der Waals surface area contributed by atoms with Crippen molar-refractivity contribution in [3.8, 4) is 11.4 Å². The van der Waals surface area contributed by atoms with Crippen molar-refractivity contribution in [2.45, 2.75) is 6.54 Å². The first kappa shape index (κ1) is 22.0. The molecule has 0 radical (unpaired) electrons. The van der Waals surface area contributed by atoms with Gasteiger partial charge in [-0.1, -0.05) is 70.5 Å². The molecular formula is C29H24BrN3O2. The number of halogens is 1. The van der Waals surface area contributed by atoms with Crippen LogP contribution in [0.3, 0.4) is 0 Å². The van der Waals surface area contributed by atoms with Crippen molar-refractivity contribution in [3.63, 3.8) is 0 Å². The van der Waals surface area contributed by atoms with Crippen LogP contribution in [0, 0.1) is 0 Å². The predicted octanol–water partition coefficient (Wildman–Crippen LogP) is 6.14. The van der Waals surface area contributed by atoms with E-state index in [0.717, 1.165) is 32.3 Å². The van der Waals surface area contributed by atoms with Crippen LogP contribution in [0.15, 0.2) is 89.4 Å². The zero-order chi connectivity index (χ0) is 23.8. The van der Waals surface area contributed by atoms with Gasteiger partial charge < -0.3 is 14.2 Å². The van der Waals surface area contributed by atoms with E-state index < -0.39 is 0 Å². The number of fused-ring (bicyclic) bond motifs is 2. The van der Waals surface area contributed by atoms with Gasteiger partial charge in [-0.2, -0.15) is 0 Å². The second kappa shape index (κ2) is 9.29. The van der Waals surface area contributed by atoms with Crippen LogP contribution in [0.1, 0.15) is 15.9 Å². The number of hydrogen-bond donors (Lipinski definition) is 0. The van der Waals surface area contributed by atoms with Gasteiger partial charge in [0.2, 0.25) is 0 Å². The predicted molar refractivity (Wildman–Crippen MR) is 143 cm³/mol. The van der Waals surface area contributed by atoms with E-state index in [1.807, 2.05) is 23.1 Å². The minimum absolute atomic E-state index is 0.0401. The Morgan fingerprint density at radius 2 is 1.69 bits per heavy atom. The minimum Gasteiger partial charge on any atom is -0.378 e. The lowest BCUT2D eigenvalue weighted by Gasteiger charge is -2.26. The highest BCUT2D eigenvalue weighted by Crippen LogP contribution is 2.32. The molecule has 1 saturated heterocycles. The third-order valence-corrected chi connectivity index (χ3v) is 7.11. The molecule has 0 atom stereocenters. The third-order valence-electron chi connectivity index (χ3n) is 6.58. The number of aromatic nitrogens is 2. The third kappa shape index (κ3) is 4.24. The molecule has 6 heteroatoms. The van der Waals surface area contributed by atoms with Gasteiger partial charge in [-0.25, -0.2) is 4.98 Å². The van der Waals surface area contributed by atoms with E-state index in [-0.39, 0.29) is 5.91 Å². The van der Waals surface area contributed by atoms with E-state index in [0.29, 0.717) is 38.4 Å². The van der Waals surface area contributed by atoms with Gasteiger partial charge in [0.1, 0.15) is 5.82 Å². The highest BCUT2D eigenvalue weighted by atomic mass is 79.9. The van der Waals surface area contributed by atoms with Crippen LogP contribution < -0.4 is 0 Å². The number of benzene rings is 4. The number of imidazole rings is 1. The summed E-state index contributed by atoms with van der Waals surface area (Å²) in [6, 6.07) is 28.9. The Kier molecular flexibility index (Phi) is 5.84. The molecule has 0 saturated carbocycles. The first-order chi connectivity index (χ1) is 17.2. The van der Waals surface area contributed by atoms with Gasteiger partial charge in [-0.15, -0.1) is 0 Å². The van der Waals surface area contributed by atoms with Crippen LogP contribution in [-0.2, 0) is 11.3 Å². The quantitative estimate of drug-likeness (QED) is 0.283. The molecule has 0 bridgehead atoms. The largest absolute Gasteiger partial charge is 0.378 e. The maximum absolute atomic E-state index is 13.2. The molecule has 1 aliphatic heterocycles. The number of amides is 1. The van der Waals surface area contributed by atoms with Crippen molar-refractivity contribution >= 4 is 43.6 Å². The second-order valence-electron chi connectivity index (χ2n) is 8.78. The minimum atomic E-state index is 0.0401. The molecule has 1 fully saturated rings. The summed E-state index contributed by atoms with van der Waals surface area (Å²) in [7, 11) is 0. The summed E-state index contributed by atoms with van der Waals surface area (Å²) in [6.45, 7) is 3.06. The van der Waals surface area contributed by atoms with Crippen LogP contribution in [-0.4, -0.2) is 46.7 Å². The Bertz CT molecular complexity index is 1530. The van der Waals surface area contributed by atoms with Gasteiger partial charge in [0.05, 0.1) is 24.2 Å². The van der Waals surface area contributed by atoms with E-state index in [2.05, 4.69) is 87.2 Å². The summed E-state index contributed by atoms with van der Waals surface area (Å²) in [5.74, 6) is 0.939. The molecule has 6 rings (SSSR count). The summed E-state index contributed by atoms with van der Waals surface area (Å²) in [4.78, 5) is 20.2. The zero-order valence-corrected chi connectivity index (χ0v) is 20.7. The number of hydrogen-bond acceptors (Lipinski definition) is 3. The molecular weight excluding hydrogens is 502 g/mol. The Labute approximate surface area is 212 Å². The van der Waals surface area contributed by atoms with E-state index in [1.165, 1.54) is 10.9 Å². The van der Waals surface area contributed by atoms with Crippen LogP contribution in [0.5, 0.6) is 0 Å². The van der Waals surface area contributed by atoms with Crippen molar-refractivity contribution < 1.29 is 9.53 Å². The molecule has 0 aliphatic carbocycles. The summed E-state index contributed by atoms with van der Waals surface area (Å²) < 4.78 is 8.70. The number of rotatable bonds is 4. The fourth-order valence-electron chi connectivity index (χ4n) is 4.76. The zero-order valence-electron chi connectivity index (χ0n) is 19.2. The highest BCUT2D eigenvalue weighted by molar-refractivity contribution is 9.10. The van der Waals surface area contributed by atoms with Crippen LogP contribution in [0.25, 0.3) is 33.2 Å². The molecule has 0 unspecified atom stereocenters. The van der Waals surface area contributed by atoms with E-state index >= 15 is 0 Å². The molecule has 1 aromatic heterocycles. The van der Waals surface area contributed by atoms with Gasteiger partial charge in [0.25, 0.3) is 5.91 Å². The smallest absolute Gasteiger partial charge is 0.254 e. The molecule has 1 aliphatic rings. The molecule has 35 heavy (non-hydrogen) atoms. The molecule has 0 spiro atoms. The maximum Gasteiger partial charge on any atom is 0.254 e. The monoisotopic (exact) mass is 525 g/mol. The lowest BCUT2D eigenvalue weighted by Crippen LogP contribution is -2.40. The van der Waals surface area contributed by atoms with Crippen molar-refractivity contribution in [3.05, 3.63) is 101 Å². The van der Waals surface area contributed by atoms with Crippen LogP contribution in [0.4, 0.5) is 0 Å². The molecule has 1 amide bonds. The Morgan fingerprint density at radius 1 is 0.914 bits per heavy atom. The van der Waals surface area contributed by atoms with Gasteiger partial charge in [-0.3, -0.25) is 4.79 Å². The summed E-state index contributed by atoms with van der Waals surface area (Å²) in [6.07, 6.45) is 0. The molecule has 0 N–H and O–H groups in total. The molecule has 174 valence electrons. The summed E-state index contributed by atoms with van der Waals surface area (Å²) >= 11 is 3.53. The standard InChI is InChI=1S/C29H24BrN3O2/c30-23-11-8-20(9-12-23)19-33-27-18-22(29(34)32-14-16-35-17-15-32)10-13-26(27)31-28(33)25-7-3-5-21-4-1-2-6-24(21)25/h1-13,18H,14-17,19H2. The Hall–Kier alpha value is -3.48. The van der Waals surface area contributed by atoms with Gasteiger partial charge >= 0.3 is 0 Å². The van der Waals surface area contributed by atoms with Crippen molar-refractivity contribution in [2.24, 2.45) is 0 Å². The number of nitrogens with zero attached hydrogens (tertiary/aromatic N) is 3. The van der Waals surface area contributed by atoms with E-state index in [1.54, 1.807) is 0 Å². The first-order valence-corrected chi connectivity index (χ1v) is 12.6. The van der Waals surface area contributed by atoms with Crippen molar-refractivity contribution in [1.29, 1.82) is 0 Å². The van der Waals surface area contributed by atoms with E-state index in [4.69, 9.17) is 9.72 Å². The molecule has 5 nitrogen and oxygen atoms in total. The normalized spacial score (nSPS) is 14.0. The Morgan fingerprint density at radius 3 is 2.51 bits per heavy atom. The lowest BCUT2D eigenvalue weighted by atomic mass is 10.0. The average molecular weight is 526 g/mol. The Balaban J connectivity index is 1.52. The number of ether oxygens (including phenoxy) is 1. The fraction of sp³-hybridized carbons (Fsp3) is 0.172. The molecule has 4 aromatic carbocycles. The van der Waals surface area contributed by atoms with Crippen molar-refractivity contribution in [2.75, 3.05) is 26.3 Å². The summed E-state index contributed by atoms with van der Waals surface area (Å²) in [5, 5.41) is 2.34. The fourth-order valence-corrected chi connectivity index (χ4v) is 5.03. The first-order valence-electron chi connectivity index (χ1n) is 11.8. The number of carbonyl (C=O) groups is 1. The maximum atomic E-state index is 13.2. The van der Waals surface area contributed by atoms with Crippen molar-refractivity contribution in [1.82, 2.24) is 14.5 Å². The highest BCUT2D eigenvalue weighted by Gasteiger charge is 2.21. The number of carbonyl (C=O) groups excluding carboxylic acids is 1. The summed E-state index contributed by atoms with van der Waals surface area (Å²) in [5.41, 5.74) is 4.76. The second-order valence-corrected chi connectivity index (χ2v) is 9.70. The molecule has 5 aromatic rings.